The number of para-hydroxylation sites is 2. The van der Waals surface area contributed by atoms with Gasteiger partial charge in [0.05, 0.1) is 17.1 Å². The van der Waals surface area contributed by atoms with Crippen molar-refractivity contribution in [1.82, 2.24) is 14.9 Å². The van der Waals surface area contributed by atoms with Crippen molar-refractivity contribution < 1.29 is 14.3 Å². The Labute approximate surface area is 237 Å². The maximum absolute atomic E-state index is 12.5. The highest BCUT2D eigenvalue weighted by Gasteiger charge is 2.57. The van der Waals surface area contributed by atoms with Crippen molar-refractivity contribution in [2.24, 2.45) is 40.2 Å². The molecule has 2 fully saturated rings. The number of hydrogen-bond acceptors (Lipinski definition) is 5. The van der Waals surface area contributed by atoms with Crippen LogP contribution in [-0.4, -0.2) is 40.1 Å². The molecule has 0 radical (unpaired) electrons. The van der Waals surface area contributed by atoms with Gasteiger partial charge in [0.25, 0.3) is 0 Å². The number of esters is 1. The minimum atomic E-state index is -0.619. The minimum Gasteiger partial charge on any atom is -0.461 e. The summed E-state index contributed by atoms with van der Waals surface area (Å²) >= 11 is 0. The van der Waals surface area contributed by atoms with E-state index in [1.807, 2.05) is 20.2 Å². The third-order valence-electron chi connectivity index (χ3n) is 11.0. The van der Waals surface area contributed by atoms with Crippen LogP contribution in [0.4, 0.5) is 0 Å². The number of imidazole rings is 1. The predicted octanol–water partition coefficient (Wildman–Crippen LogP) is 5.46. The molecule has 2 aromatic rings. The minimum absolute atomic E-state index is 0.0177. The summed E-state index contributed by atoms with van der Waals surface area (Å²) in [7, 11) is 0. The van der Waals surface area contributed by atoms with Gasteiger partial charge >= 0.3 is 5.97 Å². The first-order valence-corrected chi connectivity index (χ1v) is 15.2. The van der Waals surface area contributed by atoms with Gasteiger partial charge in [0.2, 0.25) is 5.91 Å². The van der Waals surface area contributed by atoms with E-state index in [2.05, 4.69) is 60.1 Å². The number of nitrogens with two attached hydrogens (primary N) is 1. The number of rotatable bonds is 6. The summed E-state index contributed by atoms with van der Waals surface area (Å²) in [5.41, 5.74) is 11.4. The third kappa shape index (κ3) is 4.41. The lowest BCUT2D eigenvalue weighted by Gasteiger charge is -2.57. The second kappa shape index (κ2) is 10.2. The summed E-state index contributed by atoms with van der Waals surface area (Å²) in [4.78, 5) is 29.4. The summed E-state index contributed by atoms with van der Waals surface area (Å²) in [5.74, 6) is 1.29. The highest BCUT2D eigenvalue weighted by Crippen LogP contribution is 2.65. The number of allylic oxidation sites excluding steroid dienone is 3. The molecule has 1 aromatic heterocycles. The molecule has 1 heterocycles. The molecule has 1 amide bonds. The van der Waals surface area contributed by atoms with Crippen LogP contribution in [0.5, 0.6) is 0 Å². The van der Waals surface area contributed by atoms with Crippen LogP contribution in [0.25, 0.3) is 16.7 Å². The Balaban J connectivity index is 1.12. The fourth-order valence-electron chi connectivity index (χ4n) is 8.60. The highest BCUT2D eigenvalue weighted by atomic mass is 16.5. The van der Waals surface area contributed by atoms with Crippen molar-refractivity contribution in [2.45, 2.75) is 84.8 Å². The Bertz CT molecular complexity index is 1370. The Hall–Kier alpha value is -2.93. The molecular formula is C33H44N4O3. The summed E-state index contributed by atoms with van der Waals surface area (Å²) in [6.07, 6.45) is 14.2. The van der Waals surface area contributed by atoms with E-state index in [9.17, 15) is 9.59 Å². The molecule has 40 heavy (non-hydrogen) atoms. The van der Waals surface area contributed by atoms with Crippen LogP contribution in [0.15, 0.2) is 48.3 Å². The van der Waals surface area contributed by atoms with E-state index in [1.54, 1.807) is 0 Å². The standard InChI is InChI=1S/C33H44N4O3/c1-20(2)30(34)31(39)35-18-29(38)40-22-13-15-32(3)21(17-22)9-10-23-24-11-12-28(33(24,4)16-14-25(23)32)37-19-36-26-7-5-6-8-27(26)37/h5-9,12,19-20,22-25,30H,10-11,13-18,34H2,1-4H3,(H,35,39). The third-order valence-corrected chi connectivity index (χ3v) is 11.0. The Kier molecular flexibility index (Phi) is 6.92. The van der Waals surface area contributed by atoms with Crippen molar-refractivity contribution in [3.8, 4) is 0 Å². The lowest BCUT2D eigenvalue weighted by molar-refractivity contribution is -0.151. The molecular weight excluding hydrogens is 500 g/mol. The van der Waals surface area contributed by atoms with E-state index in [0.717, 1.165) is 37.6 Å². The maximum atomic E-state index is 12.5. The lowest BCUT2D eigenvalue weighted by atomic mass is 9.47. The van der Waals surface area contributed by atoms with Crippen LogP contribution in [0.2, 0.25) is 0 Å². The SMILES string of the molecule is CC(C)C(N)C(=O)NCC(=O)OC1CCC2(C)C(=CCC3C2CCC2(C)C(n4cnc5ccccc54)=CCC32)C1. The van der Waals surface area contributed by atoms with Crippen LogP contribution < -0.4 is 11.1 Å². The normalized spacial score (nSPS) is 33.9. The van der Waals surface area contributed by atoms with E-state index in [4.69, 9.17) is 15.5 Å². The van der Waals surface area contributed by atoms with Gasteiger partial charge in [-0.05, 0) is 79.7 Å². The van der Waals surface area contributed by atoms with Crippen LogP contribution in [-0.2, 0) is 14.3 Å². The molecule has 6 rings (SSSR count). The zero-order chi connectivity index (χ0) is 28.2. The number of nitrogens with one attached hydrogen (secondary N) is 1. The second-order valence-electron chi connectivity index (χ2n) is 13.5. The van der Waals surface area contributed by atoms with Gasteiger partial charge in [-0.2, -0.15) is 0 Å². The molecule has 7 atom stereocenters. The van der Waals surface area contributed by atoms with E-state index in [1.165, 1.54) is 29.6 Å². The Morgan fingerprint density at radius 3 is 2.67 bits per heavy atom. The van der Waals surface area contributed by atoms with Crippen LogP contribution >= 0.6 is 0 Å². The molecule has 4 aliphatic carbocycles. The average Bonchev–Trinajstić information content (AvgIpc) is 3.51. The number of fused-ring (bicyclic) bond motifs is 6. The van der Waals surface area contributed by atoms with E-state index in [0.29, 0.717) is 17.8 Å². The zero-order valence-electron chi connectivity index (χ0n) is 24.4. The Morgan fingerprint density at radius 2 is 1.88 bits per heavy atom. The summed E-state index contributed by atoms with van der Waals surface area (Å²) in [5, 5.41) is 2.64. The average molecular weight is 545 g/mol. The van der Waals surface area contributed by atoms with E-state index >= 15 is 0 Å². The van der Waals surface area contributed by atoms with Gasteiger partial charge < -0.3 is 20.4 Å². The zero-order valence-corrected chi connectivity index (χ0v) is 24.4. The maximum Gasteiger partial charge on any atom is 0.325 e. The van der Waals surface area contributed by atoms with Crippen molar-refractivity contribution in [3.63, 3.8) is 0 Å². The second-order valence-corrected chi connectivity index (χ2v) is 13.5. The topological polar surface area (TPSA) is 99.2 Å². The first-order valence-electron chi connectivity index (χ1n) is 15.2. The summed E-state index contributed by atoms with van der Waals surface area (Å²) in [6.45, 7) is 8.61. The molecule has 0 saturated heterocycles. The molecule has 4 aliphatic rings. The van der Waals surface area contributed by atoms with Crippen LogP contribution in [0, 0.1) is 34.5 Å². The molecule has 0 spiro atoms. The van der Waals surface area contributed by atoms with E-state index in [-0.39, 0.29) is 41.3 Å². The van der Waals surface area contributed by atoms with E-state index < -0.39 is 6.04 Å². The summed E-state index contributed by atoms with van der Waals surface area (Å²) in [6, 6.07) is 7.82. The highest BCUT2D eigenvalue weighted by molar-refractivity contribution is 5.85. The Morgan fingerprint density at radius 1 is 1.10 bits per heavy atom. The van der Waals surface area contributed by atoms with Gasteiger partial charge in [0.1, 0.15) is 19.0 Å². The van der Waals surface area contributed by atoms with Crippen molar-refractivity contribution in [2.75, 3.05) is 6.54 Å². The van der Waals surface area contributed by atoms with Crippen molar-refractivity contribution in [3.05, 3.63) is 48.3 Å². The van der Waals surface area contributed by atoms with Crippen molar-refractivity contribution in [1.29, 1.82) is 0 Å². The number of benzene rings is 1. The molecule has 214 valence electrons. The van der Waals surface area contributed by atoms with Gasteiger partial charge in [0, 0.05) is 17.5 Å². The first-order chi connectivity index (χ1) is 19.1. The van der Waals surface area contributed by atoms with Gasteiger partial charge in [-0.25, -0.2) is 4.98 Å². The van der Waals surface area contributed by atoms with Gasteiger partial charge in [0.15, 0.2) is 0 Å². The monoisotopic (exact) mass is 544 g/mol. The number of ether oxygens (including phenoxy) is 1. The van der Waals surface area contributed by atoms with Crippen molar-refractivity contribution >= 4 is 28.6 Å². The number of hydrogen-bond donors (Lipinski definition) is 2. The molecule has 7 heteroatoms. The molecule has 0 aliphatic heterocycles. The largest absolute Gasteiger partial charge is 0.461 e. The first kappa shape index (κ1) is 27.3. The van der Waals surface area contributed by atoms with Crippen LogP contribution in [0.3, 0.4) is 0 Å². The smallest absolute Gasteiger partial charge is 0.325 e. The molecule has 7 unspecified atom stereocenters. The van der Waals surface area contributed by atoms with Crippen LogP contribution in [0.1, 0.15) is 72.6 Å². The number of carbonyl (C=O) groups is 2. The molecule has 1 aromatic carbocycles. The fraction of sp³-hybridized carbons (Fsp3) is 0.606. The number of carbonyl (C=O) groups excluding carboxylic acids is 2. The van der Waals surface area contributed by atoms with Gasteiger partial charge in [-0.3, -0.25) is 9.59 Å². The predicted molar refractivity (Wildman–Crippen MR) is 157 cm³/mol. The van der Waals surface area contributed by atoms with Gasteiger partial charge in [-0.15, -0.1) is 0 Å². The number of aromatic nitrogens is 2. The molecule has 7 nitrogen and oxygen atoms in total. The molecule has 2 saturated carbocycles. The summed E-state index contributed by atoms with van der Waals surface area (Å²) < 4.78 is 8.18. The number of nitrogens with zero attached hydrogens (tertiary/aromatic N) is 2. The lowest BCUT2D eigenvalue weighted by Crippen LogP contribution is -2.50. The quantitative estimate of drug-likeness (QED) is 0.372. The van der Waals surface area contributed by atoms with Gasteiger partial charge in [-0.1, -0.05) is 57.6 Å². The molecule has 3 N–H and O–H groups in total. The number of amides is 1. The fourth-order valence-corrected chi connectivity index (χ4v) is 8.60. The molecule has 0 bridgehead atoms.